The van der Waals surface area contributed by atoms with Gasteiger partial charge in [0, 0.05) is 0 Å². The normalized spacial score (nSPS) is 11.8. The highest BCUT2D eigenvalue weighted by Gasteiger charge is 2.30. The van der Waals surface area contributed by atoms with Gasteiger partial charge >= 0.3 is 0 Å². The number of aryl methyl sites for hydroxylation is 1. The van der Waals surface area contributed by atoms with Crippen molar-refractivity contribution in [2.24, 2.45) is 0 Å². The molecule has 4 nitrogen and oxygen atoms in total. The van der Waals surface area contributed by atoms with Gasteiger partial charge in [-0.15, -0.1) is 0 Å². The molecule has 0 aliphatic rings. The first-order valence-electron chi connectivity index (χ1n) is 7.19. The van der Waals surface area contributed by atoms with Crippen LogP contribution >= 0.6 is 0 Å². The van der Waals surface area contributed by atoms with Crippen molar-refractivity contribution in [3.63, 3.8) is 0 Å². The fourth-order valence-electron chi connectivity index (χ4n) is 2.04. The highest BCUT2D eigenvalue weighted by atomic mass is 32.2. The number of nitriles is 1. The fraction of sp³-hybridized carbons (Fsp3) is 0.278. The Bertz CT molecular complexity index is 855. The summed E-state index contributed by atoms with van der Waals surface area (Å²) in [6.45, 7) is 6.83. The number of rotatable bonds is 3. The number of sulfone groups is 1. The third-order valence-corrected chi connectivity index (χ3v) is 6.02. The molecule has 0 unspecified atom stereocenters. The van der Waals surface area contributed by atoms with Crippen molar-refractivity contribution >= 4 is 9.84 Å². The predicted molar refractivity (Wildman–Crippen MR) is 89.3 cm³/mol. The summed E-state index contributed by atoms with van der Waals surface area (Å²) in [5.74, 6) is 0.943. The molecular weight excluding hydrogens is 310 g/mol. The quantitative estimate of drug-likeness (QED) is 0.845. The third-order valence-electron chi connectivity index (χ3n) is 3.51. The topological polar surface area (TPSA) is 67.2 Å². The zero-order chi connectivity index (χ0) is 17.3. The first kappa shape index (κ1) is 17.0. The van der Waals surface area contributed by atoms with Crippen LogP contribution in [0.5, 0.6) is 11.5 Å². The zero-order valence-electron chi connectivity index (χ0n) is 13.6. The lowest BCUT2D eigenvalue weighted by molar-refractivity contribution is 0.480. The van der Waals surface area contributed by atoms with Gasteiger partial charge in [-0.1, -0.05) is 12.1 Å². The first-order valence-corrected chi connectivity index (χ1v) is 8.67. The van der Waals surface area contributed by atoms with E-state index in [-0.39, 0.29) is 4.90 Å². The lowest BCUT2D eigenvalue weighted by Crippen LogP contribution is -2.27. The van der Waals surface area contributed by atoms with Crippen LogP contribution < -0.4 is 4.74 Å². The van der Waals surface area contributed by atoms with Crippen LogP contribution in [0.3, 0.4) is 0 Å². The lowest BCUT2D eigenvalue weighted by atomic mass is 10.1. The van der Waals surface area contributed by atoms with Gasteiger partial charge in [-0.25, -0.2) is 8.42 Å². The summed E-state index contributed by atoms with van der Waals surface area (Å²) in [6.07, 6.45) is 0. The maximum Gasteiger partial charge on any atom is 0.183 e. The molecule has 0 radical (unpaired) electrons. The van der Waals surface area contributed by atoms with Gasteiger partial charge in [-0.05, 0) is 63.6 Å². The van der Waals surface area contributed by atoms with Crippen molar-refractivity contribution in [1.29, 1.82) is 5.26 Å². The molecule has 23 heavy (non-hydrogen) atoms. The van der Waals surface area contributed by atoms with E-state index < -0.39 is 14.6 Å². The molecule has 0 spiro atoms. The maximum absolute atomic E-state index is 12.4. The Labute approximate surface area is 137 Å². The van der Waals surface area contributed by atoms with Gasteiger partial charge in [0.1, 0.15) is 17.6 Å². The second-order valence-corrected chi connectivity index (χ2v) is 8.95. The van der Waals surface area contributed by atoms with Gasteiger partial charge in [0.25, 0.3) is 0 Å². The van der Waals surface area contributed by atoms with E-state index in [1.54, 1.807) is 39.0 Å². The van der Waals surface area contributed by atoms with Crippen LogP contribution in [0.2, 0.25) is 0 Å². The Hall–Kier alpha value is -2.32. The molecule has 0 aliphatic heterocycles. The maximum atomic E-state index is 12.4. The molecule has 0 aliphatic carbocycles. The Morgan fingerprint density at radius 3 is 2.17 bits per heavy atom. The number of benzene rings is 2. The van der Waals surface area contributed by atoms with Gasteiger partial charge < -0.3 is 4.74 Å². The molecule has 5 heteroatoms. The van der Waals surface area contributed by atoms with Gasteiger partial charge in [0.15, 0.2) is 9.84 Å². The van der Waals surface area contributed by atoms with Crippen LogP contribution in [0.4, 0.5) is 0 Å². The molecule has 2 aromatic rings. The van der Waals surface area contributed by atoms with Crippen LogP contribution in [-0.2, 0) is 9.84 Å². The van der Waals surface area contributed by atoms with Crippen LogP contribution in [0.25, 0.3) is 0 Å². The molecule has 120 valence electrons. The van der Waals surface area contributed by atoms with Crippen LogP contribution in [0, 0.1) is 18.3 Å². The molecule has 0 bridgehead atoms. The molecule has 0 aromatic heterocycles. The van der Waals surface area contributed by atoms with Crippen molar-refractivity contribution < 1.29 is 13.2 Å². The Kier molecular flexibility index (Phi) is 4.49. The predicted octanol–water partition coefficient (Wildman–Crippen LogP) is 4.23. The standard InChI is InChI=1S/C18H19NO3S/c1-13-6-5-7-17(16(13)12-19)22-14-8-10-15(11-9-14)23(20,21)18(2,3)4/h5-11H,1-4H3. The van der Waals surface area contributed by atoms with Crippen LogP contribution in [0.1, 0.15) is 31.9 Å². The first-order chi connectivity index (χ1) is 10.7. The molecule has 0 fully saturated rings. The molecule has 0 heterocycles. The Morgan fingerprint density at radius 2 is 1.65 bits per heavy atom. The summed E-state index contributed by atoms with van der Waals surface area (Å²) in [5.41, 5.74) is 1.30. The van der Waals surface area contributed by atoms with E-state index >= 15 is 0 Å². The summed E-state index contributed by atoms with van der Waals surface area (Å²) >= 11 is 0. The molecule has 2 aromatic carbocycles. The molecule has 2 rings (SSSR count). The largest absolute Gasteiger partial charge is 0.456 e. The summed E-state index contributed by atoms with van der Waals surface area (Å²) in [6, 6.07) is 13.7. The summed E-state index contributed by atoms with van der Waals surface area (Å²) in [5, 5.41) is 9.21. The number of hydrogen-bond acceptors (Lipinski definition) is 4. The van der Waals surface area contributed by atoms with Crippen molar-refractivity contribution in [1.82, 2.24) is 0 Å². The molecule has 0 atom stereocenters. The van der Waals surface area contributed by atoms with Crippen LogP contribution in [-0.4, -0.2) is 13.2 Å². The smallest absolute Gasteiger partial charge is 0.183 e. The number of ether oxygens (including phenoxy) is 1. The highest BCUT2D eigenvalue weighted by Crippen LogP contribution is 2.30. The van der Waals surface area contributed by atoms with Crippen LogP contribution in [0.15, 0.2) is 47.4 Å². The third kappa shape index (κ3) is 3.38. The number of nitrogens with zero attached hydrogens (tertiary/aromatic N) is 1. The van der Waals surface area contributed by atoms with E-state index in [9.17, 15) is 13.7 Å². The minimum atomic E-state index is -3.39. The highest BCUT2D eigenvalue weighted by molar-refractivity contribution is 7.92. The minimum absolute atomic E-state index is 0.252. The molecular formula is C18H19NO3S. The lowest BCUT2D eigenvalue weighted by Gasteiger charge is -2.19. The van der Waals surface area contributed by atoms with Crippen molar-refractivity contribution in [3.05, 3.63) is 53.6 Å². The minimum Gasteiger partial charge on any atom is -0.456 e. The van der Waals surface area contributed by atoms with E-state index in [1.807, 2.05) is 19.1 Å². The van der Waals surface area contributed by atoms with Crippen molar-refractivity contribution in [2.45, 2.75) is 37.3 Å². The van der Waals surface area contributed by atoms with E-state index in [4.69, 9.17) is 4.74 Å². The van der Waals surface area contributed by atoms with Gasteiger partial charge in [-0.2, -0.15) is 5.26 Å². The average Bonchev–Trinajstić information content (AvgIpc) is 2.47. The second kappa shape index (κ2) is 6.05. The van der Waals surface area contributed by atoms with Gasteiger partial charge in [0.05, 0.1) is 15.2 Å². The second-order valence-electron chi connectivity index (χ2n) is 6.25. The molecule has 0 N–H and O–H groups in total. The SMILES string of the molecule is Cc1cccc(Oc2ccc(S(=O)(=O)C(C)(C)C)cc2)c1C#N. The summed E-state index contributed by atoms with van der Waals surface area (Å²) in [7, 11) is -3.39. The Balaban J connectivity index is 2.33. The van der Waals surface area contributed by atoms with Crippen molar-refractivity contribution in [3.8, 4) is 17.6 Å². The number of hydrogen-bond donors (Lipinski definition) is 0. The molecule has 0 saturated carbocycles. The average molecular weight is 329 g/mol. The fourth-order valence-corrected chi connectivity index (χ4v) is 3.24. The van der Waals surface area contributed by atoms with E-state index in [1.165, 1.54) is 12.1 Å². The Morgan fingerprint density at radius 1 is 1.04 bits per heavy atom. The summed E-state index contributed by atoms with van der Waals surface area (Å²) < 4.78 is 29.6. The molecule has 0 saturated heterocycles. The van der Waals surface area contributed by atoms with Crippen molar-refractivity contribution in [2.75, 3.05) is 0 Å². The van der Waals surface area contributed by atoms with Gasteiger partial charge in [-0.3, -0.25) is 0 Å². The van der Waals surface area contributed by atoms with E-state index in [2.05, 4.69) is 6.07 Å². The molecule has 0 amide bonds. The zero-order valence-corrected chi connectivity index (χ0v) is 14.4. The van der Waals surface area contributed by atoms with E-state index in [0.717, 1.165) is 5.56 Å². The summed E-state index contributed by atoms with van der Waals surface area (Å²) in [4.78, 5) is 0.252. The van der Waals surface area contributed by atoms with E-state index in [0.29, 0.717) is 17.1 Å². The monoisotopic (exact) mass is 329 g/mol. The van der Waals surface area contributed by atoms with Gasteiger partial charge in [0.2, 0.25) is 0 Å².